The minimum absolute atomic E-state index is 0. The van der Waals surface area contributed by atoms with Gasteiger partial charge >= 0.3 is 6.09 Å². The molecule has 1 amide bonds. The highest BCUT2D eigenvalue weighted by molar-refractivity contribution is 5.90. The van der Waals surface area contributed by atoms with Crippen molar-refractivity contribution in [1.29, 1.82) is 0 Å². The van der Waals surface area contributed by atoms with E-state index >= 15 is 0 Å². The average Bonchev–Trinajstić information content (AvgIpc) is 3.39. The predicted octanol–water partition coefficient (Wildman–Crippen LogP) is 4.83. The molecule has 1 saturated carbocycles. The van der Waals surface area contributed by atoms with Crippen LogP contribution >= 0.6 is 12.4 Å². The van der Waals surface area contributed by atoms with Gasteiger partial charge < -0.3 is 10.1 Å². The highest BCUT2D eigenvalue weighted by Gasteiger charge is 2.47. The van der Waals surface area contributed by atoms with E-state index in [1.165, 1.54) is 6.07 Å². The van der Waals surface area contributed by atoms with Gasteiger partial charge in [0.2, 0.25) is 0 Å². The number of aromatic nitrogens is 3. The molecular weight excluding hydrogens is 433 g/mol. The van der Waals surface area contributed by atoms with Crippen LogP contribution in [0.1, 0.15) is 25.7 Å². The summed E-state index contributed by atoms with van der Waals surface area (Å²) in [6.07, 6.45) is 8.46. The van der Waals surface area contributed by atoms with E-state index in [4.69, 9.17) is 4.74 Å². The summed E-state index contributed by atoms with van der Waals surface area (Å²) < 4.78 is 21.3. The number of carbonyl (C=O) groups excluding carboxylic acids is 1. The van der Waals surface area contributed by atoms with Gasteiger partial charge in [-0.15, -0.1) is 12.4 Å². The maximum atomic E-state index is 13.9. The zero-order chi connectivity index (χ0) is 21.3. The van der Waals surface area contributed by atoms with Crippen LogP contribution in [-0.2, 0) is 4.74 Å². The number of para-hydroxylation sites is 1. The van der Waals surface area contributed by atoms with Crippen LogP contribution in [0.15, 0.2) is 61.1 Å². The SMILES string of the molecule is Cl.O=C1OC2(CCC(CNc3ccn(-c4ccccc4F)n3)CC2)CN1c1cccnc1. The van der Waals surface area contributed by atoms with Gasteiger partial charge in [-0.3, -0.25) is 9.88 Å². The highest BCUT2D eigenvalue weighted by atomic mass is 35.5. The Kier molecular flexibility index (Phi) is 6.32. The Hall–Kier alpha value is -3.13. The van der Waals surface area contributed by atoms with E-state index in [9.17, 15) is 9.18 Å². The van der Waals surface area contributed by atoms with Crippen molar-refractivity contribution in [2.45, 2.75) is 31.3 Å². The average molecular weight is 458 g/mol. The Morgan fingerprint density at radius 2 is 1.97 bits per heavy atom. The molecular formula is C23H25ClFN5O2. The number of hydrogen-bond donors (Lipinski definition) is 1. The minimum Gasteiger partial charge on any atom is -0.441 e. The van der Waals surface area contributed by atoms with Crippen molar-refractivity contribution in [3.63, 3.8) is 0 Å². The summed E-state index contributed by atoms with van der Waals surface area (Å²) in [7, 11) is 0. The molecule has 2 aromatic heterocycles. The number of pyridine rings is 1. The van der Waals surface area contributed by atoms with Crippen molar-refractivity contribution in [2.75, 3.05) is 23.3 Å². The van der Waals surface area contributed by atoms with Gasteiger partial charge in [0.15, 0.2) is 0 Å². The minimum atomic E-state index is -0.407. The standard InChI is InChI=1S/C23H24FN5O2.ClH/c24-19-5-1-2-6-20(19)29-13-9-21(27-29)26-14-17-7-10-23(11-8-17)16-28(22(30)31-23)18-4-3-12-25-15-18;/h1-6,9,12-13,15,17H,7-8,10-11,14,16H2,(H,26,27);1H. The predicted molar refractivity (Wildman–Crippen MR) is 122 cm³/mol. The number of carbonyl (C=O) groups is 1. The Morgan fingerprint density at radius 1 is 1.16 bits per heavy atom. The highest BCUT2D eigenvalue weighted by Crippen LogP contribution is 2.40. The van der Waals surface area contributed by atoms with E-state index in [1.807, 2.05) is 18.2 Å². The first-order valence-electron chi connectivity index (χ1n) is 10.6. The summed E-state index contributed by atoms with van der Waals surface area (Å²) in [6, 6.07) is 12.1. The van der Waals surface area contributed by atoms with E-state index in [-0.39, 0.29) is 24.3 Å². The maximum Gasteiger partial charge on any atom is 0.415 e. The first kappa shape index (κ1) is 22.1. The van der Waals surface area contributed by atoms with Crippen molar-refractivity contribution >= 4 is 30.0 Å². The van der Waals surface area contributed by atoms with Crippen molar-refractivity contribution in [1.82, 2.24) is 14.8 Å². The van der Waals surface area contributed by atoms with E-state index in [0.717, 1.165) is 43.7 Å². The number of rotatable bonds is 5. The van der Waals surface area contributed by atoms with Crippen LogP contribution in [0.4, 0.5) is 20.7 Å². The first-order valence-corrected chi connectivity index (χ1v) is 10.6. The van der Waals surface area contributed by atoms with Crippen molar-refractivity contribution < 1.29 is 13.9 Å². The van der Waals surface area contributed by atoms with Crippen LogP contribution < -0.4 is 10.2 Å². The van der Waals surface area contributed by atoms with Crippen molar-refractivity contribution in [3.8, 4) is 5.69 Å². The van der Waals surface area contributed by atoms with Crippen LogP contribution in [0.3, 0.4) is 0 Å². The van der Waals surface area contributed by atoms with Crippen LogP contribution in [-0.4, -0.2) is 39.5 Å². The van der Waals surface area contributed by atoms with Gasteiger partial charge in [0.05, 0.1) is 18.4 Å². The lowest BCUT2D eigenvalue weighted by Crippen LogP contribution is -2.39. The Labute approximate surface area is 192 Å². The number of nitrogens with one attached hydrogen (secondary N) is 1. The third-order valence-corrected chi connectivity index (χ3v) is 6.20. The first-order chi connectivity index (χ1) is 15.1. The van der Waals surface area contributed by atoms with Crippen molar-refractivity contribution in [3.05, 3.63) is 66.9 Å². The summed E-state index contributed by atoms with van der Waals surface area (Å²) in [5, 5.41) is 7.80. The summed E-state index contributed by atoms with van der Waals surface area (Å²) in [5.41, 5.74) is 0.797. The number of hydrogen-bond acceptors (Lipinski definition) is 5. The summed E-state index contributed by atoms with van der Waals surface area (Å²) in [6.45, 7) is 1.36. The molecule has 1 aliphatic heterocycles. The fourth-order valence-electron chi connectivity index (χ4n) is 4.44. The maximum absolute atomic E-state index is 13.9. The number of nitrogens with zero attached hydrogens (tertiary/aromatic N) is 4. The topological polar surface area (TPSA) is 72.3 Å². The van der Waals surface area contributed by atoms with E-state index in [2.05, 4.69) is 15.4 Å². The number of halogens is 2. The molecule has 5 rings (SSSR count). The molecule has 3 heterocycles. The molecule has 1 N–H and O–H groups in total. The van der Waals surface area contributed by atoms with Crippen molar-refractivity contribution in [2.24, 2.45) is 5.92 Å². The van der Waals surface area contributed by atoms with Gasteiger partial charge in [-0.05, 0) is 55.9 Å². The molecule has 32 heavy (non-hydrogen) atoms. The second-order valence-corrected chi connectivity index (χ2v) is 8.27. The Balaban J connectivity index is 0.00000245. The lowest BCUT2D eigenvalue weighted by molar-refractivity contribution is 0.0148. The van der Waals surface area contributed by atoms with Crippen LogP contribution in [0.5, 0.6) is 0 Å². The second-order valence-electron chi connectivity index (χ2n) is 8.27. The lowest BCUT2D eigenvalue weighted by atomic mass is 9.78. The summed E-state index contributed by atoms with van der Waals surface area (Å²) in [5.74, 6) is 0.884. The quantitative estimate of drug-likeness (QED) is 0.594. The van der Waals surface area contributed by atoms with Gasteiger partial charge in [0.25, 0.3) is 0 Å². The fraction of sp³-hybridized carbons (Fsp3) is 0.348. The lowest BCUT2D eigenvalue weighted by Gasteiger charge is -2.35. The number of ether oxygens (including phenoxy) is 1. The Bertz CT molecular complexity index is 1070. The number of anilines is 2. The van der Waals surface area contributed by atoms with E-state index in [1.54, 1.807) is 46.4 Å². The van der Waals surface area contributed by atoms with E-state index < -0.39 is 5.60 Å². The summed E-state index contributed by atoms with van der Waals surface area (Å²) in [4.78, 5) is 18.2. The molecule has 0 atom stereocenters. The molecule has 1 aromatic carbocycles. The zero-order valence-electron chi connectivity index (χ0n) is 17.5. The molecule has 0 unspecified atom stereocenters. The zero-order valence-corrected chi connectivity index (χ0v) is 18.3. The Morgan fingerprint density at radius 3 is 2.72 bits per heavy atom. The monoisotopic (exact) mass is 457 g/mol. The third kappa shape index (κ3) is 4.41. The van der Waals surface area contributed by atoms with E-state index in [0.29, 0.717) is 18.2 Å². The smallest absolute Gasteiger partial charge is 0.415 e. The number of benzene rings is 1. The van der Waals surface area contributed by atoms with Gasteiger partial charge in [0.1, 0.15) is 22.9 Å². The molecule has 3 aromatic rings. The molecule has 2 fully saturated rings. The molecule has 1 aliphatic carbocycles. The largest absolute Gasteiger partial charge is 0.441 e. The molecule has 2 aliphatic rings. The molecule has 168 valence electrons. The normalized spacial score (nSPS) is 22.5. The van der Waals surface area contributed by atoms with Crippen LogP contribution in [0, 0.1) is 11.7 Å². The van der Waals surface area contributed by atoms with Gasteiger partial charge in [-0.2, -0.15) is 5.10 Å². The van der Waals surface area contributed by atoms with Crippen LogP contribution in [0.2, 0.25) is 0 Å². The third-order valence-electron chi connectivity index (χ3n) is 6.20. The van der Waals surface area contributed by atoms with Gasteiger partial charge in [0, 0.05) is 25.0 Å². The second kappa shape index (κ2) is 9.16. The molecule has 1 spiro atoms. The molecule has 0 radical (unpaired) electrons. The summed E-state index contributed by atoms with van der Waals surface area (Å²) >= 11 is 0. The molecule has 1 saturated heterocycles. The molecule has 9 heteroatoms. The number of amides is 1. The molecule has 0 bridgehead atoms. The molecule has 7 nitrogen and oxygen atoms in total. The van der Waals surface area contributed by atoms with Crippen LogP contribution in [0.25, 0.3) is 5.69 Å². The fourth-order valence-corrected chi connectivity index (χ4v) is 4.44. The van der Waals surface area contributed by atoms with Gasteiger partial charge in [-0.25, -0.2) is 13.9 Å². The van der Waals surface area contributed by atoms with Gasteiger partial charge in [-0.1, -0.05) is 12.1 Å².